The first-order valence-electron chi connectivity index (χ1n) is 6.56. The van der Waals surface area contributed by atoms with Crippen LogP contribution in [-0.4, -0.2) is 18.5 Å². The summed E-state index contributed by atoms with van der Waals surface area (Å²) in [4.78, 5) is 11.8. The molecule has 0 aromatic heterocycles. The minimum atomic E-state index is -3.82. The molecule has 0 aliphatic carbocycles. The lowest BCUT2D eigenvalue weighted by Crippen LogP contribution is -2.30. The van der Waals surface area contributed by atoms with Crippen molar-refractivity contribution in [2.75, 3.05) is 6.61 Å². The highest BCUT2D eigenvalue weighted by atomic mass is 31.2. The number of carbonyl (C=O) groups is 1. The zero-order valence-electron chi connectivity index (χ0n) is 11.7. The molecule has 22 heavy (non-hydrogen) atoms. The number of alkyl halides is 1. The maximum atomic E-state index is 14.7. The van der Waals surface area contributed by atoms with Crippen LogP contribution in [0.3, 0.4) is 0 Å². The zero-order chi connectivity index (χ0) is 16.0. The first-order chi connectivity index (χ1) is 10.6. The van der Waals surface area contributed by atoms with Gasteiger partial charge in [0.05, 0.1) is 0 Å². The second-order valence-corrected chi connectivity index (χ2v) is 7.28. The van der Waals surface area contributed by atoms with Gasteiger partial charge in [0.25, 0.3) is 5.91 Å². The van der Waals surface area contributed by atoms with Crippen LogP contribution in [0, 0.1) is 12.3 Å². The fourth-order valence-corrected chi connectivity index (χ4v) is 4.46. The Kier molecular flexibility index (Phi) is 5.14. The standard InChI is InChI=1S/C17H14FO3P/c1-2-13-21-17(19)16(18)22(20,14-9-5-3-6-10-14)15-11-7-4-8-12-15/h1,3-12,16H,13H2. The lowest BCUT2D eigenvalue weighted by molar-refractivity contribution is -0.144. The van der Waals surface area contributed by atoms with Crippen LogP contribution in [-0.2, 0) is 14.1 Å². The van der Waals surface area contributed by atoms with Crippen LogP contribution in [0.2, 0.25) is 0 Å². The van der Waals surface area contributed by atoms with E-state index in [4.69, 9.17) is 6.42 Å². The predicted octanol–water partition coefficient (Wildman–Crippen LogP) is 2.47. The highest BCUT2D eigenvalue weighted by molar-refractivity contribution is 7.79. The maximum Gasteiger partial charge on any atom is 0.350 e. The normalized spacial score (nSPS) is 12.2. The summed E-state index contributed by atoms with van der Waals surface area (Å²) in [7, 11) is -3.82. The first-order valence-corrected chi connectivity index (χ1v) is 8.33. The Morgan fingerprint density at radius 1 is 1.09 bits per heavy atom. The summed E-state index contributed by atoms with van der Waals surface area (Å²) >= 11 is 0. The van der Waals surface area contributed by atoms with E-state index < -0.39 is 19.0 Å². The number of halogens is 1. The molecule has 0 aliphatic heterocycles. The molecular weight excluding hydrogens is 302 g/mol. The molecule has 2 aromatic carbocycles. The smallest absolute Gasteiger partial charge is 0.350 e. The van der Waals surface area contributed by atoms with Crippen LogP contribution in [0.5, 0.6) is 0 Å². The summed E-state index contributed by atoms with van der Waals surface area (Å²) in [6, 6.07) is 16.2. The molecule has 0 radical (unpaired) electrons. The molecular formula is C17H14FO3P. The summed E-state index contributed by atoms with van der Waals surface area (Å²) in [6.45, 7) is -0.358. The third-order valence-corrected chi connectivity index (χ3v) is 6.07. The number of hydrogen-bond donors (Lipinski definition) is 0. The molecule has 2 aromatic rings. The van der Waals surface area contributed by atoms with E-state index in [1.165, 1.54) is 24.3 Å². The van der Waals surface area contributed by atoms with E-state index in [0.29, 0.717) is 0 Å². The van der Waals surface area contributed by atoms with Crippen molar-refractivity contribution < 1.29 is 18.5 Å². The van der Waals surface area contributed by atoms with Crippen molar-refractivity contribution in [3.8, 4) is 12.3 Å². The number of benzene rings is 2. The van der Waals surface area contributed by atoms with Crippen LogP contribution in [0.4, 0.5) is 4.39 Å². The zero-order valence-corrected chi connectivity index (χ0v) is 12.6. The van der Waals surface area contributed by atoms with Crippen molar-refractivity contribution in [2.24, 2.45) is 0 Å². The monoisotopic (exact) mass is 316 g/mol. The molecule has 1 unspecified atom stereocenters. The highest BCUT2D eigenvalue weighted by Gasteiger charge is 2.42. The van der Waals surface area contributed by atoms with Crippen LogP contribution < -0.4 is 10.6 Å². The van der Waals surface area contributed by atoms with Gasteiger partial charge in [-0.3, -0.25) is 0 Å². The molecule has 0 saturated carbocycles. The largest absolute Gasteiger partial charge is 0.450 e. The van der Waals surface area contributed by atoms with E-state index >= 15 is 0 Å². The van der Waals surface area contributed by atoms with Gasteiger partial charge in [0, 0.05) is 10.6 Å². The van der Waals surface area contributed by atoms with E-state index in [2.05, 4.69) is 10.7 Å². The Bertz CT molecular complexity index is 679. The number of ether oxygens (including phenoxy) is 1. The fraction of sp³-hybridized carbons (Fsp3) is 0.118. The van der Waals surface area contributed by atoms with Gasteiger partial charge in [-0.2, -0.15) is 0 Å². The SMILES string of the molecule is C#CCOC(=O)C(F)P(=O)(c1ccccc1)c1ccccc1. The lowest BCUT2D eigenvalue weighted by atomic mass is 10.4. The number of hydrogen-bond acceptors (Lipinski definition) is 3. The molecule has 0 spiro atoms. The molecule has 0 amide bonds. The van der Waals surface area contributed by atoms with Gasteiger partial charge in [0.2, 0.25) is 0 Å². The van der Waals surface area contributed by atoms with Crippen LogP contribution in [0.1, 0.15) is 0 Å². The number of carbonyl (C=O) groups excluding carboxylic acids is 1. The van der Waals surface area contributed by atoms with E-state index in [1.807, 2.05) is 0 Å². The van der Waals surface area contributed by atoms with Crippen molar-refractivity contribution in [2.45, 2.75) is 5.91 Å². The molecule has 0 N–H and O–H groups in total. The predicted molar refractivity (Wildman–Crippen MR) is 84.4 cm³/mol. The van der Waals surface area contributed by atoms with Crippen LogP contribution in [0.15, 0.2) is 60.7 Å². The molecule has 2 rings (SSSR count). The van der Waals surface area contributed by atoms with Crippen molar-refractivity contribution in [1.82, 2.24) is 0 Å². The van der Waals surface area contributed by atoms with Gasteiger partial charge in [-0.05, 0) is 0 Å². The van der Waals surface area contributed by atoms with Crippen molar-refractivity contribution >= 4 is 23.7 Å². The quantitative estimate of drug-likeness (QED) is 0.483. The maximum absolute atomic E-state index is 14.7. The second-order valence-electron chi connectivity index (χ2n) is 4.48. The molecule has 1 atom stereocenters. The molecule has 0 bridgehead atoms. The Morgan fingerprint density at radius 3 is 1.95 bits per heavy atom. The van der Waals surface area contributed by atoms with Gasteiger partial charge >= 0.3 is 5.97 Å². The van der Waals surface area contributed by atoms with Gasteiger partial charge in [0.15, 0.2) is 13.7 Å². The van der Waals surface area contributed by atoms with E-state index in [1.54, 1.807) is 36.4 Å². The second kappa shape index (κ2) is 7.06. The summed E-state index contributed by atoms with van der Waals surface area (Å²) in [5, 5.41) is 0.512. The van der Waals surface area contributed by atoms with Gasteiger partial charge in [-0.25, -0.2) is 9.18 Å². The van der Waals surface area contributed by atoms with E-state index in [-0.39, 0.29) is 17.2 Å². The minimum Gasteiger partial charge on any atom is -0.450 e. The van der Waals surface area contributed by atoms with Gasteiger partial charge < -0.3 is 9.30 Å². The van der Waals surface area contributed by atoms with Crippen LogP contribution in [0.25, 0.3) is 0 Å². The number of rotatable bonds is 5. The number of terminal acetylenes is 1. The summed E-state index contributed by atoms with van der Waals surface area (Å²) in [6.07, 6.45) is 4.99. The fourth-order valence-electron chi connectivity index (χ4n) is 2.04. The average Bonchev–Trinajstić information content (AvgIpc) is 2.59. The van der Waals surface area contributed by atoms with Crippen LogP contribution >= 0.6 is 7.14 Å². The van der Waals surface area contributed by atoms with E-state index in [0.717, 1.165) is 0 Å². The lowest BCUT2D eigenvalue weighted by Gasteiger charge is -2.21. The molecule has 0 heterocycles. The Labute approximate surface area is 128 Å². The highest BCUT2D eigenvalue weighted by Crippen LogP contribution is 2.49. The summed E-state index contributed by atoms with van der Waals surface area (Å²) in [5.74, 6) is -1.43. The molecule has 112 valence electrons. The molecule has 3 nitrogen and oxygen atoms in total. The number of esters is 1. The van der Waals surface area contributed by atoms with Crippen molar-refractivity contribution in [1.29, 1.82) is 0 Å². The van der Waals surface area contributed by atoms with Crippen molar-refractivity contribution in [3.05, 3.63) is 60.7 Å². The van der Waals surface area contributed by atoms with Gasteiger partial charge in [-0.15, -0.1) is 6.42 Å². The Balaban J connectivity index is 2.50. The summed E-state index contributed by atoms with van der Waals surface area (Å²) < 4.78 is 32.7. The molecule has 5 heteroatoms. The molecule has 0 fully saturated rings. The Morgan fingerprint density at radius 2 is 1.55 bits per heavy atom. The third-order valence-electron chi connectivity index (χ3n) is 3.09. The average molecular weight is 316 g/mol. The van der Waals surface area contributed by atoms with E-state index in [9.17, 15) is 13.8 Å². The Hall–Kier alpha value is -2.37. The van der Waals surface area contributed by atoms with Crippen molar-refractivity contribution in [3.63, 3.8) is 0 Å². The first kappa shape index (κ1) is 16.0. The summed E-state index contributed by atoms with van der Waals surface area (Å²) in [5.41, 5.74) is 0. The minimum absolute atomic E-state index is 0.256. The molecule has 0 saturated heterocycles. The van der Waals surface area contributed by atoms with Gasteiger partial charge in [0.1, 0.15) is 0 Å². The topological polar surface area (TPSA) is 43.4 Å². The van der Waals surface area contributed by atoms with Gasteiger partial charge in [-0.1, -0.05) is 66.6 Å². The third kappa shape index (κ3) is 3.10. The molecule has 0 aliphatic rings.